The van der Waals surface area contributed by atoms with Crippen LogP contribution in [0.4, 0.5) is 5.69 Å². The maximum atomic E-state index is 12.7. The number of para-hydroxylation sites is 1. The second-order valence-electron chi connectivity index (χ2n) is 5.61. The van der Waals surface area contributed by atoms with Crippen LogP contribution in [0.5, 0.6) is 0 Å². The van der Waals surface area contributed by atoms with Crippen LogP contribution in [-0.2, 0) is 0 Å². The average Bonchev–Trinajstić information content (AvgIpc) is 2.63. The van der Waals surface area contributed by atoms with Gasteiger partial charge in [-0.2, -0.15) is 0 Å². The Morgan fingerprint density at radius 2 is 1.54 bits per heavy atom. The number of anilines is 1. The molecule has 0 aliphatic rings. The van der Waals surface area contributed by atoms with Gasteiger partial charge in [-0.05, 0) is 29.8 Å². The van der Waals surface area contributed by atoms with Crippen molar-refractivity contribution in [3.8, 4) is 0 Å². The first-order valence-corrected chi connectivity index (χ1v) is 8.67. The molecule has 24 heavy (non-hydrogen) atoms. The maximum absolute atomic E-state index is 12.7. The first kappa shape index (κ1) is 16.5. The van der Waals surface area contributed by atoms with Crippen molar-refractivity contribution in [1.82, 2.24) is 0 Å². The topological polar surface area (TPSA) is 29.1 Å². The lowest BCUT2D eigenvalue weighted by atomic mass is 9.97. The third-order valence-electron chi connectivity index (χ3n) is 3.85. The summed E-state index contributed by atoms with van der Waals surface area (Å²) in [6, 6.07) is 27.4. The molecule has 1 N–H and O–H groups in total. The normalized spacial score (nSPS) is 11.7. The molecule has 0 aliphatic heterocycles. The highest BCUT2D eigenvalue weighted by atomic mass is 79.9. The summed E-state index contributed by atoms with van der Waals surface area (Å²) in [5, 5.41) is 3.48. The number of benzene rings is 3. The van der Waals surface area contributed by atoms with Gasteiger partial charge in [0.15, 0.2) is 5.78 Å². The highest BCUT2D eigenvalue weighted by Gasteiger charge is 2.17. The van der Waals surface area contributed by atoms with Crippen molar-refractivity contribution in [1.29, 1.82) is 0 Å². The van der Waals surface area contributed by atoms with E-state index in [0.717, 1.165) is 21.3 Å². The molecule has 0 aromatic heterocycles. The van der Waals surface area contributed by atoms with Crippen LogP contribution >= 0.6 is 15.9 Å². The minimum absolute atomic E-state index is 0.0855. The lowest BCUT2D eigenvalue weighted by Gasteiger charge is -2.20. The quantitative estimate of drug-likeness (QED) is 0.542. The van der Waals surface area contributed by atoms with Gasteiger partial charge in [0.05, 0.1) is 6.04 Å². The molecule has 3 aromatic rings. The monoisotopic (exact) mass is 379 g/mol. The van der Waals surface area contributed by atoms with Crippen LogP contribution < -0.4 is 5.32 Å². The fraction of sp³-hybridized carbons (Fsp3) is 0.0952. The van der Waals surface area contributed by atoms with Crippen molar-refractivity contribution in [2.24, 2.45) is 0 Å². The van der Waals surface area contributed by atoms with Crippen molar-refractivity contribution in [2.45, 2.75) is 12.5 Å². The molecule has 3 heteroatoms. The summed E-state index contributed by atoms with van der Waals surface area (Å²) < 4.78 is 1.01. The van der Waals surface area contributed by atoms with Gasteiger partial charge in [-0.1, -0.05) is 76.6 Å². The standard InChI is InChI=1S/C21H18BrNO/c22-18-11-7-10-17(14-18)20(23-19-12-5-2-6-13-19)15-21(24)16-8-3-1-4-9-16/h1-14,20,23H,15H2. The van der Waals surface area contributed by atoms with E-state index in [1.807, 2.05) is 78.9 Å². The SMILES string of the molecule is O=C(CC(Nc1ccccc1)c1cccc(Br)c1)c1ccccc1. The highest BCUT2D eigenvalue weighted by Crippen LogP contribution is 2.26. The van der Waals surface area contributed by atoms with Crippen molar-refractivity contribution in [2.75, 3.05) is 5.32 Å². The molecule has 0 aliphatic carbocycles. The molecule has 3 aromatic carbocycles. The minimum atomic E-state index is -0.0855. The van der Waals surface area contributed by atoms with Crippen LogP contribution in [0.2, 0.25) is 0 Å². The Morgan fingerprint density at radius 1 is 0.875 bits per heavy atom. The molecule has 0 bridgehead atoms. The van der Waals surface area contributed by atoms with Crippen LogP contribution in [0.25, 0.3) is 0 Å². The van der Waals surface area contributed by atoms with Gasteiger partial charge in [-0.3, -0.25) is 4.79 Å². The summed E-state index contributed by atoms with van der Waals surface area (Å²) >= 11 is 3.51. The van der Waals surface area contributed by atoms with Gasteiger partial charge in [0, 0.05) is 22.1 Å². The van der Waals surface area contributed by atoms with Gasteiger partial charge >= 0.3 is 0 Å². The molecule has 0 fully saturated rings. The summed E-state index contributed by atoms with van der Waals surface area (Å²) in [4.78, 5) is 12.7. The first-order valence-electron chi connectivity index (χ1n) is 7.87. The molecule has 0 heterocycles. The lowest BCUT2D eigenvalue weighted by molar-refractivity contribution is 0.0976. The highest BCUT2D eigenvalue weighted by molar-refractivity contribution is 9.10. The number of nitrogens with one attached hydrogen (secondary N) is 1. The number of hydrogen-bond donors (Lipinski definition) is 1. The van der Waals surface area contributed by atoms with Crippen molar-refractivity contribution in [3.05, 3.63) is 101 Å². The Bertz CT molecular complexity index is 802. The van der Waals surface area contributed by atoms with Gasteiger partial charge in [0.25, 0.3) is 0 Å². The van der Waals surface area contributed by atoms with Crippen LogP contribution in [0.1, 0.15) is 28.4 Å². The predicted molar refractivity (Wildman–Crippen MR) is 102 cm³/mol. The Balaban J connectivity index is 1.86. The second kappa shape index (κ2) is 7.93. The van der Waals surface area contributed by atoms with Crippen LogP contribution in [-0.4, -0.2) is 5.78 Å². The Morgan fingerprint density at radius 3 is 2.21 bits per heavy atom. The molecule has 0 saturated heterocycles. The van der Waals surface area contributed by atoms with E-state index in [1.165, 1.54) is 0 Å². The Hall–Kier alpha value is -2.39. The van der Waals surface area contributed by atoms with Crippen LogP contribution in [0.15, 0.2) is 89.4 Å². The summed E-state index contributed by atoms with van der Waals surface area (Å²) in [5.41, 5.74) is 2.83. The zero-order chi connectivity index (χ0) is 16.8. The smallest absolute Gasteiger partial charge is 0.165 e. The summed E-state index contributed by atoms with van der Waals surface area (Å²) in [6.07, 6.45) is 0.398. The minimum Gasteiger partial charge on any atom is -0.378 e. The zero-order valence-corrected chi connectivity index (χ0v) is 14.7. The molecule has 1 unspecified atom stereocenters. The first-order chi connectivity index (χ1) is 11.7. The second-order valence-corrected chi connectivity index (χ2v) is 6.53. The molecular weight excluding hydrogens is 362 g/mol. The van der Waals surface area contributed by atoms with E-state index in [1.54, 1.807) is 0 Å². The fourth-order valence-electron chi connectivity index (χ4n) is 2.64. The number of rotatable bonds is 6. The average molecular weight is 380 g/mol. The third-order valence-corrected chi connectivity index (χ3v) is 4.34. The van der Waals surface area contributed by atoms with Crippen molar-refractivity contribution in [3.63, 3.8) is 0 Å². The Labute approximate surface area is 150 Å². The van der Waals surface area contributed by atoms with E-state index >= 15 is 0 Å². The molecule has 2 nitrogen and oxygen atoms in total. The van der Waals surface area contributed by atoms with E-state index in [0.29, 0.717) is 6.42 Å². The largest absolute Gasteiger partial charge is 0.378 e. The number of ketones is 1. The molecule has 0 spiro atoms. The van der Waals surface area contributed by atoms with Crippen molar-refractivity contribution >= 4 is 27.4 Å². The number of hydrogen-bond acceptors (Lipinski definition) is 2. The number of carbonyl (C=O) groups excluding carboxylic acids is 1. The molecule has 120 valence electrons. The number of carbonyl (C=O) groups is 1. The maximum Gasteiger partial charge on any atom is 0.165 e. The molecule has 0 amide bonds. The zero-order valence-electron chi connectivity index (χ0n) is 13.2. The van der Waals surface area contributed by atoms with Gasteiger partial charge in [0.1, 0.15) is 0 Å². The van der Waals surface area contributed by atoms with Gasteiger partial charge in [-0.15, -0.1) is 0 Å². The van der Waals surface area contributed by atoms with Crippen LogP contribution in [0.3, 0.4) is 0 Å². The lowest BCUT2D eigenvalue weighted by Crippen LogP contribution is -2.15. The summed E-state index contributed by atoms with van der Waals surface area (Å²) in [7, 11) is 0. The van der Waals surface area contributed by atoms with E-state index in [4.69, 9.17) is 0 Å². The molecule has 3 rings (SSSR count). The van der Waals surface area contributed by atoms with Gasteiger partial charge in [-0.25, -0.2) is 0 Å². The van der Waals surface area contributed by atoms with Gasteiger partial charge in [0.2, 0.25) is 0 Å². The van der Waals surface area contributed by atoms with Crippen molar-refractivity contribution < 1.29 is 4.79 Å². The summed E-state index contributed by atoms with van der Waals surface area (Å²) in [5.74, 6) is 0.129. The number of Topliss-reactive ketones (excluding diaryl/α,β-unsaturated/α-hetero) is 1. The molecule has 1 atom stereocenters. The van der Waals surface area contributed by atoms with E-state index < -0.39 is 0 Å². The summed E-state index contributed by atoms with van der Waals surface area (Å²) in [6.45, 7) is 0. The Kier molecular flexibility index (Phi) is 5.44. The third kappa shape index (κ3) is 4.33. The van der Waals surface area contributed by atoms with Gasteiger partial charge < -0.3 is 5.32 Å². The van der Waals surface area contributed by atoms with Crippen LogP contribution in [0, 0.1) is 0 Å². The van der Waals surface area contributed by atoms with E-state index in [9.17, 15) is 4.79 Å². The van der Waals surface area contributed by atoms with E-state index in [2.05, 4.69) is 27.3 Å². The molecule has 0 radical (unpaired) electrons. The molecule has 0 saturated carbocycles. The predicted octanol–water partition coefficient (Wildman–Crippen LogP) is 5.88. The number of halogens is 1. The molecular formula is C21H18BrNO. The fourth-order valence-corrected chi connectivity index (χ4v) is 3.06. The van der Waals surface area contributed by atoms with E-state index in [-0.39, 0.29) is 11.8 Å².